The minimum absolute atomic E-state index is 0.205. The molecule has 0 fully saturated rings. The zero-order valence-corrected chi connectivity index (χ0v) is 11.5. The van der Waals surface area contributed by atoms with Crippen LogP contribution in [0.1, 0.15) is 11.1 Å². The first-order chi connectivity index (χ1) is 9.40. The van der Waals surface area contributed by atoms with E-state index in [1.807, 2.05) is 29.0 Å². The molecule has 8 heteroatoms. The quantitative estimate of drug-likeness (QED) is 0.832. The van der Waals surface area contributed by atoms with Gasteiger partial charge < -0.3 is 5.11 Å². The fourth-order valence-corrected chi connectivity index (χ4v) is 3.25. The third kappa shape index (κ3) is 3.51. The molecule has 1 aromatic rings. The van der Waals surface area contributed by atoms with E-state index in [9.17, 15) is 17.2 Å². The minimum Gasteiger partial charge on any atom is -0.386 e. The molecule has 1 atom stereocenters. The Balaban J connectivity index is 2.01. The summed E-state index contributed by atoms with van der Waals surface area (Å²) in [7, 11) is -3.86. The van der Waals surface area contributed by atoms with Crippen LogP contribution < -0.4 is 4.72 Å². The molecule has 2 rings (SSSR count). The van der Waals surface area contributed by atoms with Crippen LogP contribution in [0.2, 0.25) is 0 Å². The fraction of sp³-hybridized carbons (Fsp3) is 0.500. The molecule has 1 aliphatic rings. The minimum atomic E-state index is -3.86. The summed E-state index contributed by atoms with van der Waals surface area (Å²) in [6, 6.07) is 7.49. The van der Waals surface area contributed by atoms with Crippen LogP contribution in [0, 0.1) is 0 Å². The van der Waals surface area contributed by atoms with Crippen LogP contribution in [-0.4, -0.2) is 43.4 Å². The van der Waals surface area contributed by atoms with Crippen molar-refractivity contribution in [1.82, 2.24) is 9.03 Å². The Hall–Kier alpha value is -1.09. The van der Waals surface area contributed by atoms with E-state index in [1.165, 1.54) is 4.31 Å². The Morgan fingerprint density at radius 3 is 2.60 bits per heavy atom. The molecule has 0 radical (unpaired) electrons. The fourth-order valence-electron chi connectivity index (χ4n) is 2.05. The van der Waals surface area contributed by atoms with Crippen molar-refractivity contribution in [2.24, 2.45) is 0 Å². The third-order valence-corrected chi connectivity index (χ3v) is 4.72. The molecule has 1 unspecified atom stereocenters. The molecule has 1 aliphatic heterocycles. The molecule has 0 aromatic heterocycles. The van der Waals surface area contributed by atoms with Crippen LogP contribution in [0.15, 0.2) is 24.3 Å². The van der Waals surface area contributed by atoms with Gasteiger partial charge in [-0.1, -0.05) is 24.3 Å². The number of alkyl halides is 2. The molecule has 0 saturated heterocycles. The number of benzene rings is 1. The van der Waals surface area contributed by atoms with Crippen LogP contribution in [0.25, 0.3) is 0 Å². The summed E-state index contributed by atoms with van der Waals surface area (Å²) in [6.45, 7) is -0.203. The lowest BCUT2D eigenvalue weighted by Crippen LogP contribution is -2.46. The van der Waals surface area contributed by atoms with Crippen LogP contribution in [0.5, 0.6) is 0 Å². The maximum Gasteiger partial charge on any atom is 0.279 e. The Labute approximate surface area is 116 Å². The highest BCUT2D eigenvalue weighted by molar-refractivity contribution is 7.87. The summed E-state index contributed by atoms with van der Waals surface area (Å²) in [5, 5.41) is 8.95. The van der Waals surface area contributed by atoms with Crippen molar-refractivity contribution in [3.8, 4) is 0 Å². The highest BCUT2D eigenvalue weighted by Crippen LogP contribution is 2.20. The Morgan fingerprint density at radius 2 is 1.95 bits per heavy atom. The average Bonchev–Trinajstić information content (AvgIpc) is 2.44. The van der Waals surface area contributed by atoms with Gasteiger partial charge in [-0.2, -0.15) is 17.4 Å². The summed E-state index contributed by atoms with van der Waals surface area (Å²) in [5.41, 5.74) is 1.99. The maximum atomic E-state index is 12.1. The van der Waals surface area contributed by atoms with Crippen LogP contribution in [0.4, 0.5) is 8.78 Å². The van der Waals surface area contributed by atoms with E-state index in [1.54, 1.807) is 0 Å². The van der Waals surface area contributed by atoms with Gasteiger partial charge in [0.15, 0.2) is 0 Å². The van der Waals surface area contributed by atoms with Crippen molar-refractivity contribution >= 4 is 10.2 Å². The molecular formula is C12H16F2N2O3S. The zero-order valence-electron chi connectivity index (χ0n) is 10.7. The second-order valence-corrected chi connectivity index (χ2v) is 6.36. The van der Waals surface area contributed by atoms with Crippen molar-refractivity contribution in [2.45, 2.75) is 25.5 Å². The molecule has 0 aliphatic carbocycles. The highest BCUT2D eigenvalue weighted by Gasteiger charge is 2.28. The number of aliphatic hydroxyl groups excluding tert-OH is 1. The molecule has 0 spiro atoms. The lowest BCUT2D eigenvalue weighted by Gasteiger charge is -2.28. The summed E-state index contributed by atoms with van der Waals surface area (Å²) in [4.78, 5) is 0. The van der Waals surface area contributed by atoms with E-state index in [0.717, 1.165) is 11.1 Å². The Bertz CT molecular complexity index is 566. The molecule has 20 heavy (non-hydrogen) atoms. The number of nitrogens with one attached hydrogen (secondary N) is 1. The number of halogens is 2. The van der Waals surface area contributed by atoms with Gasteiger partial charge in [-0.15, -0.1) is 0 Å². The first-order valence-corrected chi connectivity index (χ1v) is 7.62. The zero-order chi connectivity index (χ0) is 14.8. The number of nitrogens with zero attached hydrogens (tertiary/aromatic N) is 1. The van der Waals surface area contributed by atoms with Crippen molar-refractivity contribution in [3.63, 3.8) is 0 Å². The van der Waals surface area contributed by atoms with E-state index in [4.69, 9.17) is 5.11 Å². The number of rotatable bonds is 5. The lowest BCUT2D eigenvalue weighted by molar-refractivity contribution is -0.000643. The number of fused-ring (bicyclic) bond motifs is 1. The van der Waals surface area contributed by atoms with Crippen molar-refractivity contribution in [1.29, 1.82) is 0 Å². The largest absolute Gasteiger partial charge is 0.386 e. The van der Waals surface area contributed by atoms with Gasteiger partial charge in [-0.05, 0) is 17.5 Å². The second kappa shape index (κ2) is 6.13. The van der Waals surface area contributed by atoms with Gasteiger partial charge in [0.25, 0.3) is 16.6 Å². The normalized spacial score (nSPS) is 18.0. The topological polar surface area (TPSA) is 69.6 Å². The second-order valence-electron chi connectivity index (χ2n) is 4.61. The number of aliphatic hydroxyl groups is 1. The van der Waals surface area contributed by atoms with Crippen molar-refractivity contribution in [3.05, 3.63) is 35.4 Å². The van der Waals surface area contributed by atoms with Crippen LogP contribution in [0.3, 0.4) is 0 Å². The standard InChI is InChI=1S/C12H16F2N2O3S/c13-12(14)11(17)7-15-20(18,19)16-6-5-9-3-1-2-4-10(9)8-16/h1-4,11-12,15,17H,5-8H2. The maximum absolute atomic E-state index is 12.1. The van der Waals surface area contributed by atoms with Gasteiger partial charge in [0.05, 0.1) is 0 Å². The molecule has 2 N–H and O–H groups in total. The molecule has 0 saturated carbocycles. The monoisotopic (exact) mass is 306 g/mol. The van der Waals surface area contributed by atoms with Gasteiger partial charge >= 0.3 is 0 Å². The summed E-state index contributed by atoms with van der Waals surface area (Å²) in [6.07, 6.45) is -4.39. The average molecular weight is 306 g/mol. The SMILES string of the molecule is O=S(=O)(NCC(O)C(F)F)N1CCc2ccccc2C1. The Kier molecular flexibility index (Phi) is 4.69. The molecule has 5 nitrogen and oxygen atoms in total. The molecular weight excluding hydrogens is 290 g/mol. The van der Waals surface area contributed by atoms with E-state index in [2.05, 4.69) is 0 Å². The van der Waals surface area contributed by atoms with Gasteiger partial charge in [0, 0.05) is 19.6 Å². The molecule has 1 aromatic carbocycles. The van der Waals surface area contributed by atoms with Crippen LogP contribution >= 0.6 is 0 Å². The number of hydrogen-bond acceptors (Lipinski definition) is 3. The molecule has 0 amide bonds. The van der Waals surface area contributed by atoms with Crippen molar-refractivity contribution < 1.29 is 22.3 Å². The van der Waals surface area contributed by atoms with Gasteiger partial charge in [0.1, 0.15) is 6.10 Å². The van der Waals surface area contributed by atoms with E-state index in [-0.39, 0.29) is 13.1 Å². The third-order valence-electron chi connectivity index (χ3n) is 3.20. The van der Waals surface area contributed by atoms with E-state index >= 15 is 0 Å². The van der Waals surface area contributed by atoms with Gasteiger partial charge in [0.2, 0.25) is 0 Å². The summed E-state index contributed by atoms with van der Waals surface area (Å²) >= 11 is 0. The summed E-state index contributed by atoms with van der Waals surface area (Å²) < 4.78 is 51.4. The van der Waals surface area contributed by atoms with Gasteiger partial charge in [-0.25, -0.2) is 8.78 Å². The Morgan fingerprint density at radius 1 is 1.30 bits per heavy atom. The lowest BCUT2D eigenvalue weighted by atomic mass is 10.0. The van der Waals surface area contributed by atoms with E-state index < -0.39 is 29.3 Å². The smallest absolute Gasteiger partial charge is 0.279 e. The predicted molar refractivity (Wildman–Crippen MR) is 69.5 cm³/mol. The van der Waals surface area contributed by atoms with Crippen molar-refractivity contribution in [2.75, 3.05) is 13.1 Å². The summed E-state index contributed by atoms with van der Waals surface area (Å²) in [5.74, 6) is 0. The van der Waals surface area contributed by atoms with E-state index in [0.29, 0.717) is 6.42 Å². The first-order valence-electron chi connectivity index (χ1n) is 6.18. The van der Waals surface area contributed by atoms with Gasteiger partial charge in [-0.3, -0.25) is 0 Å². The highest BCUT2D eigenvalue weighted by atomic mass is 32.2. The predicted octanol–water partition coefficient (Wildman–Crippen LogP) is 0.505. The number of hydrogen-bond donors (Lipinski definition) is 2. The first kappa shape index (κ1) is 15.3. The molecule has 112 valence electrons. The van der Waals surface area contributed by atoms with Crippen LogP contribution in [-0.2, 0) is 23.2 Å². The molecule has 0 bridgehead atoms. The molecule has 1 heterocycles.